The first-order chi connectivity index (χ1) is 9.60. The Hall–Kier alpha value is -2.30. The van der Waals surface area contributed by atoms with Gasteiger partial charge in [0.25, 0.3) is 0 Å². The molecule has 20 heavy (non-hydrogen) atoms. The van der Waals surface area contributed by atoms with Crippen molar-refractivity contribution in [3.05, 3.63) is 36.9 Å². The summed E-state index contributed by atoms with van der Waals surface area (Å²) in [6.45, 7) is 5.73. The standard InChI is InChI=1S/C15H20N2O3/c1-4-10-16-15(19)9-11-17(12(2)18)13-7-5-6-8-14(13)20-3/h4-8H,1,9-11H2,2-3H3,(H,16,19). The Bertz CT molecular complexity index is 486. The van der Waals surface area contributed by atoms with Crippen LogP contribution in [0.5, 0.6) is 5.75 Å². The summed E-state index contributed by atoms with van der Waals surface area (Å²) in [5.41, 5.74) is 0.666. The maximum atomic E-state index is 11.8. The predicted octanol–water partition coefficient (Wildman–Crippen LogP) is 1.74. The van der Waals surface area contributed by atoms with Crippen molar-refractivity contribution in [2.45, 2.75) is 13.3 Å². The number of hydrogen-bond acceptors (Lipinski definition) is 3. The third kappa shape index (κ3) is 4.42. The molecule has 0 radical (unpaired) electrons. The Morgan fingerprint density at radius 3 is 2.70 bits per heavy atom. The van der Waals surface area contributed by atoms with Gasteiger partial charge in [0, 0.05) is 26.4 Å². The third-order valence-corrected chi connectivity index (χ3v) is 2.76. The highest BCUT2D eigenvalue weighted by Gasteiger charge is 2.16. The zero-order chi connectivity index (χ0) is 15.0. The van der Waals surface area contributed by atoms with E-state index in [-0.39, 0.29) is 18.2 Å². The molecule has 0 saturated heterocycles. The molecule has 0 fully saturated rings. The maximum Gasteiger partial charge on any atom is 0.223 e. The number of hydrogen-bond donors (Lipinski definition) is 1. The third-order valence-electron chi connectivity index (χ3n) is 2.76. The van der Waals surface area contributed by atoms with Crippen LogP contribution >= 0.6 is 0 Å². The molecule has 0 unspecified atom stereocenters. The molecule has 0 aliphatic rings. The van der Waals surface area contributed by atoms with Crippen molar-refractivity contribution in [3.63, 3.8) is 0 Å². The zero-order valence-electron chi connectivity index (χ0n) is 11.9. The number of anilines is 1. The van der Waals surface area contributed by atoms with Crippen LogP contribution in [0.2, 0.25) is 0 Å². The highest BCUT2D eigenvalue weighted by molar-refractivity contribution is 5.93. The Morgan fingerprint density at radius 1 is 1.40 bits per heavy atom. The summed E-state index contributed by atoms with van der Waals surface area (Å²) in [5.74, 6) is 0.353. The lowest BCUT2D eigenvalue weighted by Gasteiger charge is -2.23. The molecular formula is C15H20N2O3. The van der Waals surface area contributed by atoms with Crippen LogP contribution in [0, 0.1) is 0 Å². The highest BCUT2D eigenvalue weighted by Crippen LogP contribution is 2.27. The largest absolute Gasteiger partial charge is 0.495 e. The zero-order valence-corrected chi connectivity index (χ0v) is 11.9. The topological polar surface area (TPSA) is 58.6 Å². The van der Waals surface area contributed by atoms with Gasteiger partial charge in [0.15, 0.2) is 0 Å². The van der Waals surface area contributed by atoms with E-state index in [2.05, 4.69) is 11.9 Å². The van der Waals surface area contributed by atoms with Gasteiger partial charge in [0.05, 0.1) is 12.8 Å². The average molecular weight is 276 g/mol. The molecule has 0 bridgehead atoms. The molecule has 0 aliphatic carbocycles. The Balaban J connectivity index is 2.77. The first kappa shape index (κ1) is 15.8. The summed E-state index contributed by atoms with van der Waals surface area (Å²) in [6, 6.07) is 7.23. The number of nitrogens with zero attached hydrogens (tertiary/aromatic N) is 1. The fourth-order valence-electron chi connectivity index (χ4n) is 1.79. The van der Waals surface area contributed by atoms with E-state index in [1.165, 1.54) is 11.8 Å². The minimum atomic E-state index is -0.133. The normalized spacial score (nSPS) is 9.70. The first-order valence-electron chi connectivity index (χ1n) is 6.39. The van der Waals surface area contributed by atoms with Gasteiger partial charge in [-0.05, 0) is 12.1 Å². The van der Waals surface area contributed by atoms with Crippen molar-refractivity contribution in [2.75, 3.05) is 25.1 Å². The number of carbonyl (C=O) groups excluding carboxylic acids is 2. The monoisotopic (exact) mass is 276 g/mol. The molecule has 0 atom stereocenters. The van der Waals surface area contributed by atoms with Gasteiger partial charge in [-0.25, -0.2) is 0 Å². The van der Waals surface area contributed by atoms with Gasteiger partial charge in [-0.2, -0.15) is 0 Å². The van der Waals surface area contributed by atoms with Crippen LogP contribution in [0.15, 0.2) is 36.9 Å². The fourth-order valence-corrected chi connectivity index (χ4v) is 1.79. The predicted molar refractivity (Wildman–Crippen MR) is 78.8 cm³/mol. The van der Waals surface area contributed by atoms with Crippen molar-refractivity contribution in [1.82, 2.24) is 5.32 Å². The van der Waals surface area contributed by atoms with Crippen molar-refractivity contribution in [2.24, 2.45) is 0 Å². The minimum Gasteiger partial charge on any atom is -0.495 e. The molecule has 1 aromatic rings. The van der Waals surface area contributed by atoms with Gasteiger partial charge in [0.1, 0.15) is 5.75 Å². The van der Waals surface area contributed by atoms with Crippen LogP contribution < -0.4 is 15.0 Å². The molecule has 1 N–H and O–H groups in total. The van der Waals surface area contributed by atoms with E-state index in [9.17, 15) is 9.59 Å². The number of methoxy groups -OCH3 is 1. The van der Waals surface area contributed by atoms with E-state index in [1.807, 2.05) is 12.1 Å². The van der Waals surface area contributed by atoms with Crippen molar-refractivity contribution in [1.29, 1.82) is 0 Å². The fraction of sp³-hybridized carbons (Fsp3) is 0.333. The summed E-state index contributed by atoms with van der Waals surface area (Å²) in [4.78, 5) is 24.9. The number of carbonyl (C=O) groups is 2. The van der Waals surface area contributed by atoms with Gasteiger partial charge in [-0.3, -0.25) is 9.59 Å². The van der Waals surface area contributed by atoms with Gasteiger partial charge < -0.3 is 15.0 Å². The van der Waals surface area contributed by atoms with E-state index in [1.54, 1.807) is 25.3 Å². The number of rotatable bonds is 7. The highest BCUT2D eigenvalue weighted by atomic mass is 16.5. The van der Waals surface area contributed by atoms with Crippen LogP contribution in [-0.4, -0.2) is 32.0 Å². The van der Waals surface area contributed by atoms with Crippen LogP contribution in [0.3, 0.4) is 0 Å². The second-order valence-corrected chi connectivity index (χ2v) is 4.19. The van der Waals surface area contributed by atoms with E-state index in [0.717, 1.165) is 0 Å². The molecular weight excluding hydrogens is 256 g/mol. The Morgan fingerprint density at radius 2 is 2.10 bits per heavy atom. The van der Waals surface area contributed by atoms with Crippen molar-refractivity contribution >= 4 is 17.5 Å². The lowest BCUT2D eigenvalue weighted by atomic mass is 10.2. The van der Waals surface area contributed by atoms with Gasteiger partial charge >= 0.3 is 0 Å². The molecule has 5 heteroatoms. The van der Waals surface area contributed by atoms with Gasteiger partial charge in [-0.15, -0.1) is 6.58 Å². The number of amides is 2. The summed E-state index contributed by atoms with van der Waals surface area (Å²) < 4.78 is 5.24. The summed E-state index contributed by atoms with van der Waals surface area (Å²) in [5, 5.41) is 2.68. The number of nitrogens with one attached hydrogen (secondary N) is 1. The molecule has 0 heterocycles. The van der Waals surface area contributed by atoms with Crippen LogP contribution in [0.1, 0.15) is 13.3 Å². The minimum absolute atomic E-state index is 0.119. The lowest BCUT2D eigenvalue weighted by molar-refractivity contribution is -0.120. The average Bonchev–Trinajstić information content (AvgIpc) is 2.45. The molecule has 0 saturated carbocycles. The van der Waals surface area contributed by atoms with E-state index in [4.69, 9.17) is 4.74 Å². The smallest absolute Gasteiger partial charge is 0.223 e. The number of benzene rings is 1. The Labute approximate surface area is 119 Å². The first-order valence-corrected chi connectivity index (χ1v) is 6.39. The Kier molecular flexibility index (Phi) is 6.29. The summed E-state index contributed by atoms with van der Waals surface area (Å²) in [6.07, 6.45) is 1.84. The van der Waals surface area contributed by atoms with Crippen molar-refractivity contribution < 1.29 is 14.3 Å². The molecule has 1 rings (SSSR count). The SMILES string of the molecule is C=CCNC(=O)CCN(C(C)=O)c1ccccc1OC. The van der Waals surface area contributed by atoms with E-state index in [0.29, 0.717) is 24.5 Å². The second-order valence-electron chi connectivity index (χ2n) is 4.19. The molecule has 0 aromatic heterocycles. The molecule has 2 amide bonds. The molecule has 0 aliphatic heterocycles. The molecule has 0 spiro atoms. The van der Waals surface area contributed by atoms with Crippen molar-refractivity contribution in [3.8, 4) is 5.75 Å². The quantitative estimate of drug-likeness (QED) is 0.772. The van der Waals surface area contributed by atoms with Crippen LogP contribution in [0.25, 0.3) is 0 Å². The molecule has 5 nitrogen and oxygen atoms in total. The lowest BCUT2D eigenvalue weighted by Crippen LogP contribution is -2.34. The molecule has 108 valence electrons. The molecule has 1 aromatic carbocycles. The van der Waals surface area contributed by atoms with Gasteiger partial charge in [0.2, 0.25) is 11.8 Å². The summed E-state index contributed by atoms with van der Waals surface area (Å²) in [7, 11) is 1.55. The second kappa shape index (κ2) is 7.99. The maximum absolute atomic E-state index is 11.8. The number of para-hydroxylation sites is 2. The van der Waals surface area contributed by atoms with Crippen LogP contribution in [-0.2, 0) is 9.59 Å². The summed E-state index contributed by atoms with van der Waals surface area (Å²) >= 11 is 0. The number of ether oxygens (including phenoxy) is 1. The van der Waals surface area contributed by atoms with E-state index >= 15 is 0 Å². The van der Waals surface area contributed by atoms with Crippen LogP contribution in [0.4, 0.5) is 5.69 Å². The van der Waals surface area contributed by atoms with Gasteiger partial charge in [-0.1, -0.05) is 18.2 Å². The van der Waals surface area contributed by atoms with E-state index < -0.39 is 0 Å².